The van der Waals surface area contributed by atoms with Gasteiger partial charge in [-0.05, 0) is 36.0 Å². The van der Waals surface area contributed by atoms with Gasteiger partial charge in [0, 0.05) is 6.42 Å². The maximum atomic E-state index is 13.1. The number of phenols is 1. The highest BCUT2D eigenvalue weighted by atomic mass is 16.4. The number of benzene rings is 1. The van der Waals surface area contributed by atoms with Crippen molar-refractivity contribution in [3.8, 4) is 5.75 Å². The van der Waals surface area contributed by atoms with Crippen LogP contribution in [0.2, 0.25) is 0 Å². The largest absolute Gasteiger partial charge is 0.508 e. The highest BCUT2D eigenvalue weighted by molar-refractivity contribution is 5.96. The minimum atomic E-state index is -1.40. The summed E-state index contributed by atoms with van der Waals surface area (Å²) in [7, 11) is 0. The Morgan fingerprint density at radius 3 is 1.86 bits per heavy atom. The molecule has 4 atom stereocenters. The molecule has 200 valence electrons. The highest BCUT2D eigenvalue weighted by Crippen LogP contribution is 2.13. The van der Waals surface area contributed by atoms with Gasteiger partial charge in [-0.25, -0.2) is 4.79 Å². The van der Waals surface area contributed by atoms with Crippen molar-refractivity contribution in [2.45, 2.75) is 71.1 Å². The lowest BCUT2D eigenvalue weighted by molar-refractivity contribution is -0.143. The van der Waals surface area contributed by atoms with Crippen molar-refractivity contribution in [1.29, 1.82) is 0 Å². The fourth-order valence-corrected chi connectivity index (χ4v) is 3.42. The predicted octanol–water partition coefficient (Wildman–Crippen LogP) is -0.621. The zero-order valence-corrected chi connectivity index (χ0v) is 21.0. The van der Waals surface area contributed by atoms with Crippen LogP contribution in [-0.2, 0) is 30.4 Å². The molecular formula is C24H37N5O7. The Kier molecular flexibility index (Phi) is 11.8. The van der Waals surface area contributed by atoms with Crippen LogP contribution in [0.25, 0.3) is 0 Å². The van der Waals surface area contributed by atoms with Gasteiger partial charge in [-0.2, -0.15) is 0 Å². The Morgan fingerprint density at radius 1 is 0.861 bits per heavy atom. The van der Waals surface area contributed by atoms with Gasteiger partial charge in [-0.1, -0.05) is 39.8 Å². The molecule has 9 N–H and O–H groups in total. The fourth-order valence-electron chi connectivity index (χ4n) is 3.42. The van der Waals surface area contributed by atoms with Crippen molar-refractivity contribution in [1.82, 2.24) is 16.0 Å². The number of carboxylic acid groups (broad SMARTS) is 1. The molecule has 1 rings (SSSR count). The van der Waals surface area contributed by atoms with E-state index in [0.29, 0.717) is 12.0 Å². The molecule has 1 aromatic carbocycles. The summed E-state index contributed by atoms with van der Waals surface area (Å²) in [5.41, 5.74) is 11.7. The number of hydrogen-bond donors (Lipinski definition) is 7. The number of primary amides is 1. The monoisotopic (exact) mass is 507 g/mol. The SMILES string of the molecule is CC(C)CC(N)C(=O)NC(CC(N)=O)C(=O)NC(Cc1ccc(O)cc1)C(=O)NC(C(=O)O)C(C)C. The smallest absolute Gasteiger partial charge is 0.326 e. The van der Waals surface area contributed by atoms with E-state index in [9.17, 15) is 34.2 Å². The van der Waals surface area contributed by atoms with Crippen LogP contribution in [0.1, 0.15) is 46.1 Å². The summed E-state index contributed by atoms with van der Waals surface area (Å²) in [5, 5.41) is 26.3. The first-order chi connectivity index (χ1) is 16.7. The molecule has 0 aliphatic heterocycles. The molecule has 0 spiro atoms. The van der Waals surface area contributed by atoms with E-state index in [4.69, 9.17) is 11.5 Å². The number of carbonyl (C=O) groups excluding carboxylic acids is 4. The number of phenolic OH excluding ortho intramolecular Hbond substituents is 1. The standard InChI is InChI=1S/C24H37N5O7/c1-12(2)9-16(25)21(32)27-18(11-19(26)31)22(33)28-17(10-14-5-7-15(30)8-6-14)23(34)29-20(13(3)4)24(35)36/h5-8,12-13,16-18,20,30H,9-11,25H2,1-4H3,(H2,26,31)(H,27,32)(H,28,33)(H,29,34)(H,35,36). The fraction of sp³-hybridized carbons (Fsp3) is 0.542. The molecule has 0 radical (unpaired) electrons. The number of carboxylic acids is 1. The van der Waals surface area contributed by atoms with Gasteiger partial charge in [-0.3, -0.25) is 19.2 Å². The number of nitrogens with one attached hydrogen (secondary N) is 3. The minimum Gasteiger partial charge on any atom is -0.508 e. The number of nitrogens with two attached hydrogens (primary N) is 2. The van der Waals surface area contributed by atoms with Gasteiger partial charge in [0.15, 0.2) is 0 Å². The van der Waals surface area contributed by atoms with Gasteiger partial charge in [0.25, 0.3) is 0 Å². The summed E-state index contributed by atoms with van der Waals surface area (Å²) in [5.74, 6) is -4.75. The normalized spacial score (nSPS) is 14.4. The lowest BCUT2D eigenvalue weighted by Gasteiger charge is -2.26. The van der Waals surface area contributed by atoms with Crippen LogP contribution < -0.4 is 27.4 Å². The van der Waals surface area contributed by atoms with Crippen molar-refractivity contribution in [3.63, 3.8) is 0 Å². The summed E-state index contributed by atoms with van der Waals surface area (Å²) < 4.78 is 0. The average molecular weight is 508 g/mol. The maximum Gasteiger partial charge on any atom is 0.326 e. The van der Waals surface area contributed by atoms with Crippen molar-refractivity contribution >= 4 is 29.6 Å². The van der Waals surface area contributed by atoms with Gasteiger partial charge in [0.2, 0.25) is 23.6 Å². The molecule has 36 heavy (non-hydrogen) atoms. The van der Waals surface area contributed by atoms with Crippen molar-refractivity contribution in [3.05, 3.63) is 29.8 Å². The zero-order chi connectivity index (χ0) is 27.6. The quantitative estimate of drug-likeness (QED) is 0.172. The van der Waals surface area contributed by atoms with E-state index in [1.54, 1.807) is 13.8 Å². The predicted molar refractivity (Wildman–Crippen MR) is 131 cm³/mol. The van der Waals surface area contributed by atoms with E-state index in [-0.39, 0.29) is 18.1 Å². The summed E-state index contributed by atoms with van der Waals surface area (Å²) >= 11 is 0. The molecule has 0 aromatic heterocycles. The third kappa shape index (κ3) is 10.3. The number of aromatic hydroxyl groups is 1. The summed E-state index contributed by atoms with van der Waals surface area (Å²) in [6.07, 6.45) is -0.260. The molecule has 4 amide bonds. The maximum absolute atomic E-state index is 13.1. The molecule has 4 unspecified atom stereocenters. The minimum absolute atomic E-state index is 0.00323. The lowest BCUT2D eigenvalue weighted by atomic mass is 10.0. The molecule has 0 saturated carbocycles. The third-order valence-corrected chi connectivity index (χ3v) is 5.34. The van der Waals surface area contributed by atoms with Crippen LogP contribution in [0.5, 0.6) is 5.75 Å². The van der Waals surface area contributed by atoms with E-state index < -0.39 is 66.1 Å². The molecule has 12 nitrogen and oxygen atoms in total. The van der Waals surface area contributed by atoms with Crippen molar-refractivity contribution < 1.29 is 34.2 Å². The second-order valence-electron chi connectivity index (χ2n) is 9.47. The summed E-state index contributed by atoms with van der Waals surface area (Å²) in [6.45, 7) is 6.97. The first-order valence-electron chi connectivity index (χ1n) is 11.7. The van der Waals surface area contributed by atoms with E-state index >= 15 is 0 Å². The van der Waals surface area contributed by atoms with Gasteiger partial charge in [0.05, 0.1) is 12.5 Å². The molecule has 0 bridgehead atoms. The van der Waals surface area contributed by atoms with Crippen LogP contribution in [0.15, 0.2) is 24.3 Å². The van der Waals surface area contributed by atoms with Crippen molar-refractivity contribution in [2.24, 2.45) is 23.3 Å². The van der Waals surface area contributed by atoms with Gasteiger partial charge >= 0.3 is 5.97 Å². The van der Waals surface area contributed by atoms with E-state index in [0.717, 1.165) is 0 Å². The molecule has 0 heterocycles. The van der Waals surface area contributed by atoms with Gasteiger partial charge in [-0.15, -0.1) is 0 Å². The van der Waals surface area contributed by atoms with Gasteiger partial charge in [0.1, 0.15) is 23.9 Å². The molecule has 1 aromatic rings. The summed E-state index contributed by atoms with van der Waals surface area (Å²) in [4.78, 5) is 61.7. The first-order valence-corrected chi connectivity index (χ1v) is 11.7. The van der Waals surface area contributed by atoms with E-state index in [1.807, 2.05) is 13.8 Å². The molecule has 0 saturated heterocycles. The molecular weight excluding hydrogens is 470 g/mol. The molecule has 0 aliphatic rings. The van der Waals surface area contributed by atoms with Crippen LogP contribution in [-0.4, -0.2) is 64.0 Å². The average Bonchev–Trinajstić information content (AvgIpc) is 2.76. The Bertz CT molecular complexity index is 933. The number of amides is 4. The Balaban J connectivity index is 3.16. The molecule has 0 fully saturated rings. The molecule has 0 aliphatic carbocycles. The number of carbonyl (C=O) groups is 5. The second kappa shape index (κ2) is 14.0. The van der Waals surface area contributed by atoms with Crippen molar-refractivity contribution in [2.75, 3.05) is 0 Å². The van der Waals surface area contributed by atoms with Crippen LogP contribution >= 0.6 is 0 Å². The lowest BCUT2D eigenvalue weighted by Crippen LogP contribution is -2.58. The Labute approximate surface area is 210 Å². The van der Waals surface area contributed by atoms with E-state index in [1.165, 1.54) is 24.3 Å². The third-order valence-electron chi connectivity index (χ3n) is 5.34. The van der Waals surface area contributed by atoms with Crippen LogP contribution in [0.3, 0.4) is 0 Å². The van der Waals surface area contributed by atoms with Gasteiger partial charge < -0.3 is 37.6 Å². The summed E-state index contributed by atoms with van der Waals surface area (Å²) in [6, 6.07) is 1.05. The molecule has 12 heteroatoms. The number of rotatable bonds is 14. The topological polar surface area (TPSA) is 214 Å². The van der Waals surface area contributed by atoms with E-state index in [2.05, 4.69) is 16.0 Å². The number of aliphatic carboxylic acids is 1. The Morgan fingerprint density at radius 2 is 1.39 bits per heavy atom. The zero-order valence-electron chi connectivity index (χ0n) is 21.0. The Hall–Kier alpha value is -3.67. The van der Waals surface area contributed by atoms with Crippen LogP contribution in [0.4, 0.5) is 0 Å². The second-order valence-corrected chi connectivity index (χ2v) is 9.47. The van der Waals surface area contributed by atoms with Crippen LogP contribution in [0, 0.1) is 11.8 Å². The highest BCUT2D eigenvalue weighted by Gasteiger charge is 2.32. The number of hydrogen-bond acceptors (Lipinski definition) is 7. The first kappa shape index (κ1) is 30.4.